The summed E-state index contributed by atoms with van der Waals surface area (Å²) in [6.07, 6.45) is -0.839. The smallest absolute Gasteiger partial charge is 0.427 e. The third-order valence-corrected chi connectivity index (χ3v) is 2.70. The summed E-state index contributed by atoms with van der Waals surface area (Å²) in [6.45, 7) is 2.88. The van der Waals surface area contributed by atoms with Gasteiger partial charge in [0, 0.05) is 4.43 Å². The van der Waals surface area contributed by atoms with Crippen LogP contribution in [0.4, 0.5) is 4.79 Å². The van der Waals surface area contributed by atoms with Gasteiger partial charge < -0.3 is 14.6 Å². The van der Waals surface area contributed by atoms with Crippen LogP contribution in [0.2, 0.25) is 0 Å². The van der Waals surface area contributed by atoms with E-state index in [-0.39, 0.29) is 0 Å². The highest BCUT2D eigenvalue weighted by Crippen LogP contribution is 2.13. The maximum Gasteiger partial charge on any atom is 0.510 e. The van der Waals surface area contributed by atoms with E-state index in [0.717, 1.165) is 0 Å². The van der Waals surface area contributed by atoms with Crippen LogP contribution in [0.5, 0.6) is 0 Å². The largest absolute Gasteiger partial charge is 0.510 e. The van der Waals surface area contributed by atoms with E-state index in [2.05, 4.69) is 27.3 Å². The van der Waals surface area contributed by atoms with E-state index in [9.17, 15) is 4.79 Å². The van der Waals surface area contributed by atoms with Crippen LogP contribution in [0.25, 0.3) is 0 Å². The first-order valence-electron chi connectivity index (χ1n) is 3.04. The lowest BCUT2D eigenvalue weighted by molar-refractivity contribution is -0.0403. The number of ether oxygens (including phenoxy) is 2. The quantitative estimate of drug-likeness (QED) is 0.365. The monoisotopic (exact) mass is 274 g/mol. The molecule has 0 rings (SSSR count). The second kappa shape index (κ2) is 4.76. The van der Waals surface area contributed by atoms with Crippen LogP contribution in [0.3, 0.4) is 0 Å². The zero-order chi connectivity index (χ0) is 8.91. The van der Waals surface area contributed by atoms with Gasteiger partial charge in [0.1, 0.15) is 5.60 Å². The molecule has 0 amide bonds. The first-order chi connectivity index (χ1) is 5.02. The number of hydrogen-bond donors (Lipinski definition) is 1. The Hall–Kier alpha value is -0.0400. The Morgan fingerprint density at radius 1 is 1.64 bits per heavy atom. The molecule has 1 N–H and O–H groups in total. The Bertz CT molecular complexity index is 135. The lowest BCUT2D eigenvalue weighted by Gasteiger charge is -2.21. The topological polar surface area (TPSA) is 55.8 Å². The Morgan fingerprint density at radius 2 is 2.18 bits per heavy atom. The van der Waals surface area contributed by atoms with Crippen LogP contribution in [-0.2, 0) is 9.47 Å². The molecule has 0 spiro atoms. The van der Waals surface area contributed by atoms with Crippen molar-refractivity contribution in [2.45, 2.75) is 19.4 Å². The van der Waals surface area contributed by atoms with Crippen LogP contribution in [0.1, 0.15) is 13.8 Å². The first kappa shape index (κ1) is 11.0. The number of aliphatic hydroxyl groups is 1. The molecule has 4 nitrogen and oxygen atoms in total. The fraction of sp³-hybridized carbons (Fsp3) is 0.833. The van der Waals surface area contributed by atoms with Gasteiger partial charge in [-0.1, -0.05) is 22.6 Å². The minimum Gasteiger partial charge on any atom is -0.427 e. The van der Waals surface area contributed by atoms with Gasteiger partial charge in [-0.3, -0.25) is 0 Å². The van der Waals surface area contributed by atoms with E-state index >= 15 is 0 Å². The van der Waals surface area contributed by atoms with E-state index in [4.69, 9.17) is 9.84 Å². The molecule has 0 atom stereocenters. The molecule has 0 aromatic carbocycles. The Labute approximate surface area is 79.0 Å². The van der Waals surface area contributed by atoms with Gasteiger partial charge in [-0.15, -0.1) is 0 Å². The van der Waals surface area contributed by atoms with Crippen molar-refractivity contribution in [3.05, 3.63) is 0 Å². The molecule has 0 aliphatic heterocycles. The zero-order valence-corrected chi connectivity index (χ0v) is 8.62. The summed E-state index contributed by atoms with van der Waals surface area (Å²) in [5.41, 5.74) is -0.535. The van der Waals surface area contributed by atoms with Crippen LogP contribution >= 0.6 is 22.6 Å². The number of aliphatic hydroxyl groups excluding tert-OH is 1. The van der Waals surface area contributed by atoms with Gasteiger partial charge in [-0.2, -0.15) is 0 Å². The fourth-order valence-electron chi connectivity index (χ4n) is 0.335. The second-order valence-electron chi connectivity index (χ2n) is 2.52. The Balaban J connectivity index is 3.74. The van der Waals surface area contributed by atoms with Gasteiger partial charge in [0.25, 0.3) is 0 Å². The molecule has 5 heteroatoms. The van der Waals surface area contributed by atoms with E-state index in [1.165, 1.54) is 0 Å². The summed E-state index contributed by atoms with van der Waals surface area (Å²) in [4.78, 5) is 10.6. The second-order valence-corrected chi connectivity index (χ2v) is 3.28. The summed E-state index contributed by atoms with van der Waals surface area (Å²) >= 11 is 2.10. The number of rotatable bonds is 3. The number of carbonyl (C=O) groups excluding carboxylic acids is 1. The lowest BCUT2D eigenvalue weighted by Crippen LogP contribution is -2.30. The minimum absolute atomic E-state index is 0.535. The number of halogens is 1. The number of hydrogen-bond acceptors (Lipinski definition) is 4. The van der Waals surface area contributed by atoms with Gasteiger partial charge in [-0.25, -0.2) is 4.79 Å². The molecule has 0 fully saturated rings. The van der Waals surface area contributed by atoms with Crippen molar-refractivity contribution in [1.82, 2.24) is 0 Å². The number of alkyl halides is 1. The van der Waals surface area contributed by atoms with Crippen molar-refractivity contribution >= 4 is 28.7 Å². The molecule has 0 saturated carbocycles. The van der Waals surface area contributed by atoms with Crippen molar-refractivity contribution in [1.29, 1.82) is 0 Å². The van der Waals surface area contributed by atoms with E-state index in [1.807, 2.05) is 0 Å². The predicted octanol–water partition coefficient (Wildman–Crippen LogP) is 1.30. The highest BCUT2D eigenvalue weighted by molar-refractivity contribution is 14.1. The van der Waals surface area contributed by atoms with Crippen molar-refractivity contribution < 1.29 is 19.4 Å². The average molecular weight is 274 g/mol. The molecule has 0 heterocycles. The van der Waals surface area contributed by atoms with Gasteiger partial charge in [0.15, 0.2) is 6.79 Å². The van der Waals surface area contributed by atoms with Crippen molar-refractivity contribution in [2.75, 3.05) is 11.2 Å². The Morgan fingerprint density at radius 3 is 2.55 bits per heavy atom. The molecule has 0 aliphatic rings. The van der Waals surface area contributed by atoms with Crippen LogP contribution < -0.4 is 0 Å². The molecule has 0 unspecified atom stereocenters. The Kier molecular flexibility index (Phi) is 4.74. The minimum atomic E-state index is -0.839. The molecule has 0 saturated heterocycles. The van der Waals surface area contributed by atoms with Gasteiger partial charge in [0.05, 0.1) is 0 Å². The van der Waals surface area contributed by atoms with E-state index in [0.29, 0.717) is 4.43 Å². The maximum absolute atomic E-state index is 10.6. The summed E-state index contributed by atoms with van der Waals surface area (Å²) in [5.74, 6) is 0. The van der Waals surface area contributed by atoms with Gasteiger partial charge >= 0.3 is 6.16 Å². The van der Waals surface area contributed by atoms with Crippen molar-refractivity contribution in [2.24, 2.45) is 0 Å². The maximum atomic E-state index is 10.6. The van der Waals surface area contributed by atoms with E-state index < -0.39 is 18.5 Å². The molecule has 0 radical (unpaired) electrons. The van der Waals surface area contributed by atoms with Crippen LogP contribution in [-0.4, -0.2) is 28.1 Å². The normalized spacial score (nSPS) is 10.9. The van der Waals surface area contributed by atoms with Crippen LogP contribution in [0.15, 0.2) is 0 Å². The fourth-order valence-corrected chi connectivity index (χ4v) is 0.491. The molecule has 0 bridgehead atoms. The standard InChI is InChI=1S/C6H11IO4/c1-6(2,3-7)11-5(9)10-4-8/h8H,3-4H2,1-2H3. The highest BCUT2D eigenvalue weighted by atomic mass is 127. The summed E-state index contributed by atoms with van der Waals surface area (Å²) in [5, 5.41) is 8.18. The molecule has 0 aromatic rings. The highest BCUT2D eigenvalue weighted by Gasteiger charge is 2.21. The van der Waals surface area contributed by atoms with Crippen LogP contribution in [0, 0.1) is 0 Å². The molecule has 0 aromatic heterocycles. The molecule has 11 heavy (non-hydrogen) atoms. The zero-order valence-electron chi connectivity index (χ0n) is 6.46. The van der Waals surface area contributed by atoms with Crippen molar-refractivity contribution in [3.63, 3.8) is 0 Å². The predicted molar refractivity (Wildman–Crippen MR) is 47.6 cm³/mol. The van der Waals surface area contributed by atoms with Crippen molar-refractivity contribution in [3.8, 4) is 0 Å². The first-order valence-corrected chi connectivity index (χ1v) is 4.57. The summed E-state index contributed by atoms with van der Waals surface area (Å²) in [6, 6.07) is 0. The molecule has 0 aliphatic carbocycles. The third kappa shape index (κ3) is 5.25. The van der Waals surface area contributed by atoms with Gasteiger partial charge in [0.2, 0.25) is 0 Å². The lowest BCUT2D eigenvalue weighted by atomic mass is 10.2. The average Bonchev–Trinajstić information content (AvgIpc) is 1.87. The summed E-state index contributed by atoms with van der Waals surface area (Å²) < 4.78 is 9.64. The van der Waals surface area contributed by atoms with E-state index in [1.54, 1.807) is 13.8 Å². The summed E-state index contributed by atoms with van der Waals surface area (Å²) in [7, 11) is 0. The SMILES string of the molecule is CC(C)(CI)OC(=O)OCO. The molecule has 66 valence electrons. The number of carbonyl (C=O) groups is 1. The molecular formula is C6H11IO4. The third-order valence-electron chi connectivity index (χ3n) is 0.864. The molecular weight excluding hydrogens is 263 g/mol. The van der Waals surface area contributed by atoms with Gasteiger partial charge in [-0.05, 0) is 13.8 Å².